The molecule has 10 aromatic carbocycles. The van der Waals surface area contributed by atoms with Crippen molar-refractivity contribution in [1.82, 2.24) is 0 Å². The van der Waals surface area contributed by atoms with E-state index in [-0.39, 0.29) is 82.9 Å². The summed E-state index contributed by atoms with van der Waals surface area (Å²) < 4.78 is 51.2. The molecule has 0 atom stereocenters. The number of terminal acetylenes is 6. The van der Waals surface area contributed by atoms with Gasteiger partial charge in [0.05, 0.1) is 87.7 Å². The molecule has 0 unspecified atom stereocenters. The van der Waals surface area contributed by atoms with Crippen LogP contribution >= 0.6 is 0 Å². The van der Waals surface area contributed by atoms with Gasteiger partial charge in [0.2, 0.25) is 23.6 Å². The van der Waals surface area contributed by atoms with Crippen LogP contribution in [0.2, 0.25) is 0 Å². The van der Waals surface area contributed by atoms with Crippen molar-refractivity contribution in [3.8, 4) is 143 Å². The van der Waals surface area contributed by atoms with Crippen LogP contribution in [0.5, 0.6) is 69.0 Å². The summed E-state index contributed by atoms with van der Waals surface area (Å²) in [5.41, 5.74) is 3.87. The number of para-hydroxylation sites is 4. The minimum atomic E-state index is -1.27. The SMILES string of the molecule is C#CCC.C#CCC.C#CCOc1cc(/C=C/C(=O)Nc2ccccc2C(=O)O)ccc1OC.C#CCOc1cc(C=O)ccc1OC.C#CCOc1ccc(/C=C/C(=O)Nc2ccccc2C(=O)O)cc1OC.C#CCOc1ccc(C=O)cc1OC.COc1cc(C=O)ccc1O.COc1ccc(C=O)cc1O.O=C(O)CC(=O)Nc1ccccc1C(=O)O.O=C(O)CC(=O)Nc1ccccc1C(=O)O. The number of aldehydes is 4. The van der Waals surface area contributed by atoms with Crippen molar-refractivity contribution in [2.75, 3.05) is 90.4 Å². The summed E-state index contributed by atoms with van der Waals surface area (Å²) in [4.78, 5) is 152. The molecular weight excluding hydrogens is 1840 g/mol. The van der Waals surface area contributed by atoms with Crippen LogP contribution < -0.4 is 68.6 Å². The number of rotatable bonds is 34. The summed E-state index contributed by atoms with van der Waals surface area (Å²) in [6, 6.07) is 52.8. The maximum Gasteiger partial charge on any atom is 0.337 e. The fourth-order valence-corrected chi connectivity index (χ4v) is 10.1. The Kier molecular flexibility index (Phi) is 59.0. The minimum Gasteiger partial charge on any atom is -0.504 e. The lowest BCUT2D eigenvalue weighted by atomic mass is 10.1. The van der Waals surface area contributed by atoms with E-state index in [0.29, 0.717) is 103 Å². The summed E-state index contributed by atoms with van der Waals surface area (Å²) in [7, 11) is 8.94. The first-order valence-electron chi connectivity index (χ1n) is 40.8. The molecule has 0 fully saturated rings. The van der Waals surface area contributed by atoms with Gasteiger partial charge in [-0.1, -0.05) is 98.2 Å². The van der Waals surface area contributed by atoms with Crippen LogP contribution in [0.1, 0.15) is 134 Å². The molecule has 0 aliphatic heterocycles. The first-order valence-corrected chi connectivity index (χ1v) is 40.8. The topological polar surface area (TPSA) is 541 Å². The van der Waals surface area contributed by atoms with Gasteiger partial charge in [-0.2, -0.15) is 0 Å². The van der Waals surface area contributed by atoms with Crippen LogP contribution in [0.25, 0.3) is 12.2 Å². The Morgan fingerprint density at radius 2 is 0.535 bits per heavy atom. The standard InChI is InChI=1S/2C20H17NO5.2C11H10O3.2C10H9NO5.2C8H8O3.2C4H6/c1-3-12-26-17-10-8-14(13-18(17)25-2)9-11-19(22)21-16-7-5-4-6-15(16)20(23)24;1-3-12-26-18-13-14(8-10-17(18)25-2)9-11-19(22)21-16-7-5-4-6-15(16)20(23)24;1-3-6-14-10-5-4-9(8-12)7-11(10)13-2;1-3-6-14-11-7-9(8-12)4-5-10(11)13-2;2*12-8(5-9(13)14)11-7-4-2-1-3-6(7)10(15)16;1-11-8-3-2-6(5-9)4-7(8)10;1-11-8-4-6(5-9)2-3-7(8)10;2*1-3-4-2/h2*1,4-11,13H,12H2,2H3,(H,21,22)(H,23,24);2*1,4-5,7-8H,6H2,2H3;2*1-4H,5H2,(H,11,12)(H,13,14)(H,15,16);2*2-5,10H,1H3;2*1H,4H2,2H3/b2*11-9+;;;;;;;;. The van der Waals surface area contributed by atoms with E-state index in [0.717, 1.165) is 25.4 Å². The molecule has 36 heteroatoms. The summed E-state index contributed by atoms with van der Waals surface area (Å²) in [6.07, 6.45) is 38.9. The number of carboxylic acids is 6. The second-order valence-electron chi connectivity index (χ2n) is 26.3. The van der Waals surface area contributed by atoms with Gasteiger partial charge < -0.3 is 109 Å². The lowest BCUT2D eigenvalue weighted by Crippen LogP contribution is -2.17. The van der Waals surface area contributed by atoms with E-state index >= 15 is 0 Å². The lowest BCUT2D eigenvalue weighted by Gasteiger charge is -2.09. The first kappa shape index (κ1) is 120. The van der Waals surface area contributed by atoms with E-state index in [9.17, 15) is 67.1 Å². The van der Waals surface area contributed by atoms with E-state index in [4.69, 9.17) is 127 Å². The van der Waals surface area contributed by atoms with Crippen LogP contribution in [-0.2, 0) is 28.8 Å². The number of ether oxygens (including phenoxy) is 10. The molecule has 0 aliphatic rings. The van der Waals surface area contributed by atoms with Gasteiger partial charge in [-0.05, 0) is 169 Å². The van der Waals surface area contributed by atoms with E-state index in [1.54, 1.807) is 133 Å². The predicted octanol–water partition coefficient (Wildman–Crippen LogP) is 15.2. The van der Waals surface area contributed by atoms with E-state index in [1.165, 1.54) is 140 Å². The molecule has 12 N–H and O–H groups in total. The third-order valence-corrected chi connectivity index (χ3v) is 16.5. The predicted molar refractivity (Wildman–Crippen MR) is 529 cm³/mol. The van der Waals surface area contributed by atoms with Crippen molar-refractivity contribution in [2.24, 2.45) is 0 Å². The number of aliphatic carboxylic acids is 2. The van der Waals surface area contributed by atoms with Crippen molar-refractivity contribution in [1.29, 1.82) is 0 Å². The van der Waals surface area contributed by atoms with Gasteiger partial charge in [0, 0.05) is 47.2 Å². The molecule has 142 heavy (non-hydrogen) atoms. The maximum atomic E-state index is 12.1. The van der Waals surface area contributed by atoms with Crippen LogP contribution in [0.3, 0.4) is 0 Å². The summed E-state index contributed by atoms with van der Waals surface area (Å²) in [5, 5.41) is 80.3. The second kappa shape index (κ2) is 69.8. The number of phenols is 2. The van der Waals surface area contributed by atoms with Gasteiger partial charge in [-0.3, -0.25) is 47.9 Å². The smallest absolute Gasteiger partial charge is 0.337 e. The number of anilines is 4. The normalized spacial score (nSPS) is 9.31. The van der Waals surface area contributed by atoms with E-state index in [1.807, 2.05) is 13.8 Å². The number of carbonyl (C=O) groups is 14. The van der Waals surface area contributed by atoms with Gasteiger partial charge in [0.25, 0.3) is 0 Å². The molecule has 0 bridgehead atoms. The van der Waals surface area contributed by atoms with Gasteiger partial charge in [0.15, 0.2) is 69.0 Å². The number of aromatic carboxylic acids is 4. The number of aromatic hydroxyl groups is 2. The molecule has 0 aliphatic carbocycles. The molecule has 0 saturated carbocycles. The molecule has 36 nitrogen and oxygen atoms in total. The molecule has 10 aromatic rings. The van der Waals surface area contributed by atoms with Crippen LogP contribution in [-0.4, -0.2) is 195 Å². The Morgan fingerprint density at radius 3 is 0.817 bits per heavy atom. The number of phenolic OH excluding ortho intramolecular Hbond substituents is 2. The molecule has 10 rings (SSSR count). The fraction of sp³-hybridized carbons (Fsp3) is 0.151. The molecule has 0 saturated heterocycles. The Hall–Kier alpha value is -20.0. The molecule has 4 amide bonds. The average molecular weight is 1940 g/mol. The number of carbonyl (C=O) groups excluding carboxylic acids is 8. The summed E-state index contributed by atoms with van der Waals surface area (Å²) in [5.74, 6) is 9.47. The monoisotopic (exact) mass is 1940 g/mol. The van der Waals surface area contributed by atoms with Crippen LogP contribution in [0.4, 0.5) is 22.7 Å². The number of amides is 4. The van der Waals surface area contributed by atoms with Crippen molar-refractivity contribution >= 4 is 119 Å². The number of nitrogens with one attached hydrogen (secondary N) is 4. The third kappa shape index (κ3) is 47.1. The fourth-order valence-electron chi connectivity index (χ4n) is 10.1. The largest absolute Gasteiger partial charge is 0.504 e. The quantitative estimate of drug-likeness (QED) is 0.00771. The highest BCUT2D eigenvalue weighted by atomic mass is 16.5. The van der Waals surface area contributed by atoms with E-state index in [2.05, 4.69) is 56.8 Å². The van der Waals surface area contributed by atoms with Crippen molar-refractivity contribution < 1.29 is 155 Å². The average Bonchev–Trinajstić information content (AvgIpc) is 0.810. The summed E-state index contributed by atoms with van der Waals surface area (Å²) in [6.45, 7) is 4.43. The van der Waals surface area contributed by atoms with Crippen molar-refractivity contribution in [3.05, 3.63) is 274 Å². The Balaban J connectivity index is 0.000000816. The van der Waals surface area contributed by atoms with Gasteiger partial charge in [0.1, 0.15) is 64.4 Å². The maximum absolute atomic E-state index is 12.1. The van der Waals surface area contributed by atoms with Gasteiger partial charge in [-0.15, -0.1) is 50.4 Å². The van der Waals surface area contributed by atoms with Crippen LogP contribution in [0.15, 0.2) is 218 Å². The number of methoxy groups -OCH3 is 6. The highest BCUT2D eigenvalue weighted by molar-refractivity contribution is 6.09. The highest BCUT2D eigenvalue weighted by Gasteiger charge is 2.18. The van der Waals surface area contributed by atoms with E-state index < -0.39 is 72.3 Å². The molecule has 0 aromatic heterocycles. The van der Waals surface area contributed by atoms with Crippen molar-refractivity contribution in [3.63, 3.8) is 0 Å². The molecule has 0 radical (unpaired) electrons. The number of hydrogen-bond donors (Lipinski definition) is 12. The third-order valence-electron chi connectivity index (χ3n) is 16.5. The Morgan fingerprint density at radius 1 is 0.289 bits per heavy atom. The summed E-state index contributed by atoms with van der Waals surface area (Å²) >= 11 is 0. The minimum absolute atomic E-state index is 0.0166. The number of benzene rings is 10. The Labute approximate surface area is 817 Å². The van der Waals surface area contributed by atoms with Crippen LogP contribution in [0, 0.1) is 74.1 Å². The highest BCUT2D eigenvalue weighted by Crippen LogP contribution is 2.33. The molecule has 736 valence electrons. The second-order valence-corrected chi connectivity index (χ2v) is 26.3. The molecule has 0 spiro atoms. The number of carboxylic acid groups (broad SMARTS) is 6. The Bertz CT molecular complexity index is 6170. The zero-order valence-corrected chi connectivity index (χ0v) is 77.7. The first-order chi connectivity index (χ1) is 68.1. The molecular formula is C106H100N4O32. The van der Waals surface area contributed by atoms with Crippen molar-refractivity contribution in [2.45, 2.75) is 39.5 Å². The number of hydrogen-bond acceptors (Lipinski definition) is 26. The zero-order valence-electron chi connectivity index (χ0n) is 77.7. The van der Waals surface area contributed by atoms with Gasteiger partial charge >= 0.3 is 35.8 Å². The van der Waals surface area contributed by atoms with Gasteiger partial charge in [-0.25, -0.2) is 19.2 Å². The molecule has 0 heterocycles. The zero-order chi connectivity index (χ0) is 106. The lowest BCUT2D eigenvalue weighted by molar-refractivity contribution is -0.141.